The minimum absolute atomic E-state index is 0.266. The lowest BCUT2D eigenvalue weighted by atomic mass is 9.91. The van der Waals surface area contributed by atoms with Gasteiger partial charge in [-0.25, -0.2) is 0 Å². The summed E-state index contributed by atoms with van der Waals surface area (Å²) in [6.07, 6.45) is 11.0. The minimum atomic E-state index is -1.76. The summed E-state index contributed by atoms with van der Waals surface area (Å²) in [7, 11) is -3.34. The lowest BCUT2D eigenvalue weighted by Gasteiger charge is -2.45. The third-order valence-corrected chi connectivity index (χ3v) is 16.3. The third kappa shape index (κ3) is 3.82. The zero-order valence-corrected chi connectivity index (χ0v) is 19.8. The van der Waals surface area contributed by atoms with Gasteiger partial charge in [0.1, 0.15) is 8.24 Å². The maximum absolute atomic E-state index is 6.97. The Kier molecular flexibility index (Phi) is 5.75. The van der Waals surface area contributed by atoms with Crippen LogP contribution >= 0.6 is 0 Å². The fourth-order valence-electron chi connectivity index (χ4n) is 4.59. The zero-order chi connectivity index (χ0) is 19.2. The normalized spacial score (nSPS) is 33.5. The molecule has 1 saturated carbocycles. The van der Waals surface area contributed by atoms with E-state index in [9.17, 15) is 0 Å². The van der Waals surface area contributed by atoms with Crippen LogP contribution < -0.4 is 10.6 Å². The number of hydrogen-bond acceptors (Lipinski definition) is 4. The van der Waals surface area contributed by atoms with E-state index >= 15 is 0 Å². The van der Waals surface area contributed by atoms with Crippen molar-refractivity contribution in [3.8, 4) is 0 Å². The largest absolute Gasteiger partial charge is 0.413 e. The van der Waals surface area contributed by atoms with E-state index in [4.69, 9.17) is 4.43 Å². The lowest BCUT2D eigenvalue weighted by molar-refractivity contribution is 0.153. The standard InChI is InChI=1S/C20H39N3OSi2/c1-20(2,3)26(6,7)24-18-12-19(17-11-9-8-10-16(17)18)25(4,5)23-14-21-13-22-15-23/h8-11,16-19,21-22H,12-15H2,1-7H3. The van der Waals surface area contributed by atoms with Crippen molar-refractivity contribution in [1.29, 1.82) is 0 Å². The van der Waals surface area contributed by atoms with E-state index < -0.39 is 16.6 Å². The molecule has 0 radical (unpaired) electrons. The summed E-state index contributed by atoms with van der Waals surface area (Å²) < 4.78 is 9.67. The highest BCUT2D eigenvalue weighted by atomic mass is 28.4. The van der Waals surface area contributed by atoms with Gasteiger partial charge in [0, 0.05) is 25.9 Å². The summed E-state index contributed by atoms with van der Waals surface area (Å²) >= 11 is 0. The van der Waals surface area contributed by atoms with E-state index in [1.807, 2.05) is 0 Å². The number of rotatable bonds is 4. The first-order valence-electron chi connectivity index (χ1n) is 10.2. The summed E-state index contributed by atoms with van der Waals surface area (Å²) in [6.45, 7) is 19.9. The predicted molar refractivity (Wildman–Crippen MR) is 116 cm³/mol. The fraction of sp³-hybridized carbons (Fsp3) is 0.800. The first-order valence-corrected chi connectivity index (χ1v) is 16.2. The first kappa shape index (κ1) is 20.5. The summed E-state index contributed by atoms with van der Waals surface area (Å²) in [5.74, 6) is 1.19. The number of nitrogens with one attached hydrogen (secondary N) is 2. The van der Waals surface area contributed by atoms with Crippen molar-refractivity contribution in [2.24, 2.45) is 11.8 Å². The van der Waals surface area contributed by atoms with Gasteiger partial charge in [0.15, 0.2) is 8.32 Å². The number of fused-ring (bicyclic) bond motifs is 1. The number of nitrogens with zero attached hydrogens (tertiary/aromatic N) is 1. The van der Waals surface area contributed by atoms with Crippen molar-refractivity contribution >= 4 is 16.6 Å². The van der Waals surface area contributed by atoms with Gasteiger partial charge in [0.25, 0.3) is 0 Å². The molecule has 148 valence electrons. The molecular weight excluding hydrogens is 354 g/mol. The molecule has 0 bridgehead atoms. The van der Waals surface area contributed by atoms with Crippen LogP contribution in [-0.2, 0) is 4.43 Å². The van der Waals surface area contributed by atoms with Crippen LogP contribution in [0.1, 0.15) is 27.2 Å². The SMILES string of the molecule is CC(C)(C)[Si](C)(C)OC1CC([Si](C)(C)N2CNCNC2)C2C=CC=CC12. The maximum atomic E-state index is 6.97. The van der Waals surface area contributed by atoms with Crippen molar-refractivity contribution in [3.05, 3.63) is 24.3 Å². The monoisotopic (exact) mass is 393 g/mol. The summed E-state index contributed by atoms with van der Waals surface area (Å²) in [5, 5.41) is 7.26. The Balaban J connectivity index is 1.82. The lowest BCUT2D eigenvalue weighted by Crippen LogP contribution is -2.63. The van der Waals surface area contributed by atoms with Gasteiger partial charge in [0.2, 0.25) is 0 Å². The molecule has 2 aliphatic carbocycles. The molecule has 0 aromatic rings. The van der Waals surface area contributed by atoms with Gasteiger partial charge in [-0.3, -0.25) is 15.2 Å². The summed E-state index contributed by atoms with van der Waals surface area (Å²) in [6, 6.07) is 0. The van der Waals surface area contributed by atoms with Gasteiger partial charge in [-0.15, -0.1) is 0 Å². The van der Waals surface area contributed by atoms with Crippen LogP contribution in [0.5, 0.6) is 0 Å². The molecule has 2 fully saturated rings. The second-order valence-electron chi connectivity index (χ2n) is 10.4. The molecule has 1 aliphatic heterocycles. The summed E-state index contributed by atoms with van der Waals surface area (Å²) in [5.41, 5.74) is 0.741. The number of hydrogen-bond donors (Lipinski definition) is 2. The van der Waals surface area contributed by atoms with Gasteiger partial charge < -0.3 is 4.43 Å². The highest BCUT2D eigenvalue weighted by molar-refractivity contribution is 6.76. The molecule has 0 spiro atoms. The summed E-state index contributed by atoms with van der Waals surface area (Å²) in [4.78, 5) is 0. The van der Waals surface area contributed by atoms with Crippen LogP contribution in [0.3, 0.4) is 0 Å². The van der Waals surface area contributed by atoms with E-state index in [0.717, 1.165) is 25.5 Å². The van der Waals surface area contributed by atoms with E-state index in [2.05, 4.69) is 86.5 Å². The van der Waals surface area contributed by atoms with Gasteiger partial charge >= 0.3 is 0 Å². The van der Waals surface area contributed by atoms with Gasteiger partial charge in [-0.2, -0.15) is 0 Å². The average molecular weight is 394 g/mol. The van der Waals surface area contributed by atoms with Crippen molar-refractivity contribution < 1.29 is 4.43 Å². The Morgan fingerprint density at radius 2 is 1.54 bits per heavy atom. The Hall–Kier alpha value is -0.246. The van der Waals surface area contributed by atoms with Crippen LogP contribution in [0.2, 0.25) is 36.8 Å². The van der Waals surface area contributed by atoms with Crippen molar-refractivity contribution in [3.63, 3.8) is 0 Å². The Bertz CT molecular complexity index is 562. The molecule has 3 rings (SSSR count). The van der Waals surface area contributed by atoms with E-state index in [1.165, 1.54) is 6.42 Å². The van der Waals surface area contributed by atoms with Crippen LogP contribution in [0.4, 0.5) is 0 Å². The van der Waals surface area contributed by atoms with Crippen LogP contribution in [0, 0.1) is 11.8 Å². The minimum Gasteiger partial charge on any atom is -0.413 e. The van der Waals surface area contributed by atoms with E-state index in [0.29, 0.717) is 17.9 Å². The van der Waals surface area contributed by atoms with Gasteiger partial charge in [0.05, 0.1) is 6.10 Å². The molecule has 2 N–H and O–H groups in total. The van der Waals surface area contributed by atoms with Crippen LogP contribution in [0.15, 0.2) is 24.3 Å². The van der Waals surface area contributed by atoms with Crippen molar-refractivity contribution in [1.82, 2.24) is 15.2 Å². The third-order valence-electron chi connectivity index (χ3n) is 7.43. The molecule has 4 unspecified atom stereocenters. The smallest absolute Gasteiger partial charge is 0.192 e. The predicted octanol–water partition coefficient (Wildman–Crippen LogP) is 4.08. The average Bonchev–Trinajstić information content (AvgIpc) is 2.94. The first-order chi connectivity index (χ1) is 12.0. The molecule has 0 aromatic heterocycles. The Morgan fingerprint density at radius 1 is 0.962 bits per heavy atom. The molecule has 0 aromatic carbocycles. The molecule has 1 heterocycles. The molecule has 3 aliphatic rings. The second kappa shape index (κ2) is 7.30. The van der Waals surface area contributed by atoms with E-state index in [-0.39, 0.29) is 5.04 Å². The van der Waals surface area contributed by atoms with E-state index in [1.54, 1.807) is 0 Å². The number of allylic oxidation sites excluding steroid dienone is 3. The molecule has 6 heteroatoms. The Labute approximate surface area is 162 Å². The maximum Gasteiger partial charge on any atom is 0.192 e. The molecule has 0 amide bonds. The highest BCUT2D eigenvalue weighted by Crippen LogP contribution is 2.53. The van der Waals surface area contributed by atoms with Crippen LogP contribution in [-0.4, -0.2) is 47.2 Å². The van der Waals surface area contributed by atoms with Gasteiger partial charge in [-0.1, -0.05) is 58.2 Å². The second-order valence-corrected chi connectivity index (χ2v) is 19.8. The van der Waals surface area contributed by atoms with Crippen molar-refractivity contribution in [2.45, 2.75) is 70.1 Å². The molecule has 4 nitrogen and oxygen atoms in total. The molecule has 1 saturated heterocycles. The van der Waals surface area contributed by atoms with Gasteiger partial charge in [-0.05, 0) is 36.0 Å². The zero-order valence-electron chi connectivity index (χ0n) is 17.8. The quantitative estimate of drug-likeness (QED) is 0.706. The fourth-order valence-corrected chi connectivity index (χ4v) is 9.55. The topological polar surface area (TPSA) is 36.5 Å². The molecule has 26 heavy (non-hydrogen) atoms. The Morgan fingerprint density at radius 3 is 2.12 bits per heavy atom. The highest BCUT2D eigenvalue weighted by Gasteiger charge is 2.53. The molecule has 4 atom stereocenters. The molecular formula is C20H39N3OSi2. The van der Waals surface area contributed by atoms with Crippen molar-refractivity contribution in [2.75, 3.05) is 20.0 Å². The van der Waals surface area contributed by atoms with Crippen LogP contribution in [0.25, 0.3) is 0 Å².